The fraction of sp³-hybridized carbons (Fsp3) is 0.440. The van der Waals surface area contributed by atoms with Crippen LogP contribution in [-0.4, -0.2) is 26.8 Å². The van der Waals surface area contributed by atoms with Crippen LogP contribution in [0.4, 0.5) is 27.6 Å². The van der Waals surface area contributed by atoms with Gasteiger partial charge in [-0.05, 0) is 60.6 Å². The molecule has 0 heterocycles. The first kappa shape index (κ1) is 27.1. The van der Waals surface area contributed by atoms with Crippen molar-refractivity contribution in [3.05, 3.63) is 65.4 Å². The number of benzene rings is 2. The summed E-state index contributed by atoms with van der Waals surface area (Å²) >= 11 is 0. The Balaban J connectivity index is 2.01. The van der Waals surface area contributed by atoms with Crippen molar-refractivity contribution in [1.82, 2.24) is 4.72 Å². The zero-order valence-corrected chi connectivity index (χ0v) is 20.8. The van der Waals surface area contributed by atoms with E-state index in [2.05, 4.69) is 4.72 Å². The topological polar surface area (TPSA) is 49.4 Å². The fourth-order valence-electron chi connectivity index (χ4n) is 3.73. The second kappa shape index (κ2) is 9.89. The standard InChI is InChI=1S/C25H29F5N2O2S/c1-16-12-22(27)20(19-9-6-17(26)13-21(19)25(28,29)30)14-23(16)32(15-24(2,3)4)11-5-10-31-35(33,34)18-7-8-18/h5-6,9,11-14,18,31H,7-8,10,15H2,1-4H3/b11-5+. The van der Waals surface area contributed by atoms with Gasteiger partial charge in [0.15, 0.2) is 0 Å². The van der Waals surface area contributed by atoms with Gasteiger partial charge in [-0.15, -0.1) is 0 Å². The van der Waals surface area contributed by atoms with Crippen LogP contribution in [0.5, 0.6) is 0 Å². The molecule has 192 valence electrons. The number of aryl methyl sites for hydroxylation is 1. The van der Waals surface area contributed by atoms with Gasteiger partial charge < -0.3 is 4.90 Å². The van der Waals surface area contributed by atoms with E-state index in [9.17, 15) is 30.4 Å². The van der Waals surface area contributed by atoms with Crippen LogP contribution in [0, 0.1) is 24.0 Å². The van der Waals surface area contributed by atoms with Crippen LogP contribution >= 0.6 is 0 Å². The summed E-state index contributed by atoms with van der Waals surface area (Å²) in [4.78, 5) is 1.75. The van der Waals surface area contributed by atoms with Crippen LogP contribution in [0.25, 0.3) is 11.1 Å². The Labute approximate surface area is 202 Å². The maximum Gasteiger partial charge on any atom is 0.417 e. The summed E-state index contributed by atoms with van der Waals surface area (Å²) in [6.07, 6.45) is -0.363. The van der Waals surface area contributed by atoms with Gasteiger partial charge in [-0.2, -0.15) is 13.2 Å². The minimum atomic E-state index is -4.88. The molecule has 3 rings (SSSR count). The maximum atomic E-state index is 14.9. The van der Waals surface area contributed by atoms with Gasteiger partial charge in [-0.3, -0.25) is 0 Å². The van der Waals surface area contributed by atoms with E-state index in [1.54, 1.807) is 24.1 Å². The van der Waals surface area contributed by atoms with Crippen molar-refractivity contribution in [3.63, 3.8) is 0 Å². The molecule has 0 bridgehead atoms. The van der Waals surface area contributed by atoms with Gasteiger partial charge in [0.25, 0.3) is 0 Å². The Bertz CT molecular complexity index is 1210. The van der Waals surface area contributed by atoms with Crippen molar-refractivity contribution in [2.75, 3.05) is 18.0 Å². The van der Waals surface area contributed by atoms with Crippen LogP contribution in [0.3, 0.4) is 0 Å². The molecule has 35 heavy (non-hydrogen) atoms. The lowest BCUT2D eigenvalue weighted by Gasteiger charge is -2.31. The van der Waals surface area contributed by atoms with E-state index in [1.807, 2.05) is 20.8 Å². The number of rotatable bonds is 8. The third kappa shape index (κ3) is 7.04. The number of hydrogen-bond donors (Lipinski definition) is 1. The van der Waals surface area contributed by atoms with Crippen molar-refractivity contribution in [2.45, 2.75) is 52.0 Å². The summed E-state index contributed by atoms with van der Waals surface area (Å²) in [5, 5.41) is -0.359. The summed E-state index contributed by atoms with van der Waals surface area (Å²) in [5.41, 5.74) is -1.36. The predicted octanol–water partition coefficient (Wildman–Crippen LogP) is 6.41. The van der Waals surface area contributed by atoms with Crippen LogP contribution < -0.4 is 9.62 Å². The average Bonchev–Trinajstić information content (AvgIpc) is 3.55. The average molecular weight is 517 g/mol. The van der Waals surface area contributed by atoms with Crippen LogP contribution in [0.2, 0.25) is 0 Å². The molecule has 1 saturated carbocycles. The molecule has 0 spiro atoms. The number of nitrogens with zero attached hydrogens (tertiary/aromatic N) is 1. The lowest BCUT2D eigenvalue weighted by Crippen LogP contribution is -2.30. The maximum absolute atomic E-state index is 14.9. The molecule has 2 aromatic carbocycles. The van der Waals surface area contributed by atoms with Crippen molar-refractivity contribution < 1.29 is 30.4 Å². The summed E-state index contributed by atoms with van der Waals surface area (Å²) < 4.78 is 96.0. The zero-order chi connectivity index (χ0) is 26.2. The highest BCUT2D eigenvalue weighted by atomic mass is 32.2. The Kier molecular flexibility index (Phi) is 7.67. The SMILES string of the molecule is Cc1cc(F)c(-c2ccc(F)cc2C(F)(F)F)cc1N(/C=C/CNS(=O)(=O)C1CC1)CC(C)(C)C. The highest BCUT2D eigenvalue weighted by Crippen LogP contribution is 2.40. The van der Waals surface area contributed by atoms with E-state index in [4.69, 9.17) is 0 Å². The molecule has 0 saturated heterocycles. The van der Waals surface area contributed by atoms with Crippen molar-refractivity contribution in [3.8, 4) is 11.1 Å². The van der Waals surface area contributed by atoms with Gasteiger partial charge in [-0.25, -0.2) is 21.9 Å². The Morgan fingerprint density at radius 3 is 2.29 bits per heavy atom. The molecular weight excluding hydrogens is 487 g/mol. The van der Waals surface area contributed by atoms with E-state index in [0.717, 1.165) is 18.2 Å². The number of nitrogens with one attached hydrogen (secondary N) is 1. The van der Waals surface area contributed by atoms with Gasteiger partial charge in [0.1, 0.15) is 11.6 Å². The van der Waals surface area contributed by atoms with Gasteiger partial charge >= 0.3 is 6.18 Å². The van der Waals surface area contributed by atoms with Gasteiger partial charge in [0.05, 0.1) is 10.8 Å². The van der Waals surface area contributed by atoms with Crippen LogP contribution in [0.1, 0.15) is 44.7 Å². The number of sulfonamides is 1. The third-order valence-electron chi connectivity index (χ3n) is 5.47. The minimum absolute atomic E-state index is 0.0444. The number of alkyl halides is 3. The minimum Gasteiger partial charge on any atom is -0.347 e. The predicted molar refractivity (Wildman–Crippen MR) is 127 cm³/mol. The molecule has 0 aliphatic heterocycles. The number of hydrogen-bond acceptors (Lipinski definition) is 3. The van der Waals surface area contributed by atoms with Crippen molar-refractivity contribution in [2.24, 2.45) is 5.41 Å². The second-order valence-electron chi connectivity index (χ2n) is 9.97. The van der Waals surface area contributed by atoms with Gasteiger partial charge in [0.2, 0.25) is 10.0 Å². The summed E-state index contributed by atoms with van der Waals surface area (Å²) in [7, 11) is -3.37. The second-order valence-corrected chi connectivity index (χ2v) is 12.0. The van der Waals surface area contributed by atoms with E-state index in [0.29, 0.717) is 36.7 Å². The van der Waals surface area contributed by atoms with Crippen LogP contribution in [-0.2, 0) is 16.2 Å². The molecule has 0 unspecified atom stereocenters. The normalized spacial score (nSPS) is 15.1. The summed E-state index contributed by atoms with van der Waals surface area (Å²) in [5.74, 6) is -1.93. The number of halogens is 5. The van der Waals surface area contributed by atoms with Gasteiger partial charge in [0, 0.05) is 30.5 Å². The van der Waals surface area contributed by atoms with Crippen molar-refractivity contribution in [1.29, 1.82) is 0 Å². The first-order valence-corrected chi connectivity index (χ1v) is 12.7. The first-order valence-electron chi connectivity index (χ1n) is 11.2. The lowest BCUT2D eigenvalue weighted by molar-refractivity contribution is -0.137. The zero-order valence-electron chi connectivity index (χ0n) is 20.0. The molecule has 1 N–H and O–H groups in total. The summed E-state index contributed by atoms with van der Waals surface area (Å²) in [6, 6.07) is 4.60. The lowest BCUT2D eigenvalue weighted by atomic mass is 9.94. The molecular formula is C25H29F5N2O2S. The Morgan fingerprint density at radius 2 is 1.71 bits per heavy atom. The molecule has 4 nitrogen and oxygen atoms in total. The largest absolute Gasteiger partial charge is 0.417 e. The molecule has 0 amide bonds. The highest BCUT2D eigenvalue weighted by Gasteiger charge is 2.36. The third-order valence-corrected chi connectivity index (χ3v) is 7.39. The molecule has 1 aliphatic carbocycles. The smallest absolute Gasteiger partial charge is 0.347 e. The van der Waals surface area contributed by atoms with E-state index < -0.39 is 39.0 Å². The quantitative estimate of drug-likeness (QED) is 0.413. The molecule has 0 atom stereocenters. The molecule has 2 aromatic rings. The molecule has 0 aromatic heterocycles. The molecule has 1 fully saturated rings. The monoisotopic (exact) mass is 516 g/mol. The molecule has 10 heteroatoms. The fourth-order valence-corrected chi connectivity index (χ4v) is 5.05. The molecule has 0 radical (unpaired) electrons. The van der Waals surface area contributed by atoms with E-state index in [-0.39, 0.29) is 22.8 Å². The number of anilines is 1. The Hall–Kier alpha value is -2.46. The van der Waals surface area contributed by atoms with Crippen LogP contribution in [0.15, 0.2) is 42.6 Å². The summed E-state index contributed by atoms with van der Waals surface area (Å²) in [6.45, 7) is 7.99. The molecule has 1 aliphatic rings. The Morgan fingerprint density at radius 1 is 1.06 bits per heavy atom. The van der Waals surface area contributed by atoms with E-state index >= 15 is 0 Å². The van der Waals surface area contributed by atoms with E-state index in [1.165, 1.54) is 6.07 Å². The highest BCUT2D eigenvalue weighted by molar-refractivity contribution is 7.90. The first-order chi connectivity index (χ1) is 16.1. The van der Waals surface area contributed by atoms with Crippen molar-refractivity contribution >= 4 is 15.7 Å². The van der Waals surface area contributed by atoms with Gasteiger partial charge in [-0.1, -0.05) is 32.9 Å².